The normalized spacial score (nSPS) is 24.8. The van der Waals surface area contributed by atoms with E-state index < -0.39 is 0 Å². The Morgan fingerprint density at radius 3 is 2.94 bits per heavy atom. The Morgan fingerprint density at radius 2 is 2.18 bits per heavy atom. The van der Waals surface area contributed by atoms with Crippen molar-refractivity contribution in [1.82, 2.24) is 5.32 Å². The Kier molecular flexibility index (Phi) is 4.42. The van der Waals surface area contributed by atoms with Gasteiger partial charge in [-0.1, -0.05) is 15.9 Å². The van der Waals surface area contributed by atoms with Crippen molar-refractivity contribution in [3.63, 3.8) is 0 Å². The van der Waals surface area contributed by atoms with Crippen LogP contribution in [0.3, 0.4) is 0 Å². The SMILES string of the molecule is Oc1ccc(Br)c(CN[C@@H]2CCC[C@H](O)C2)c1. The van der Waals surface area contributed by atoms with Crippen molar-refractivity contribution in [2.75, 3.05) is 0 Å². The summed E-state index contributed by atoms with van der Waals surface area (Å²) in [6.45, 7) is 0.715. The second kappa shape index (κ2) is 5.85. The van der Waals surface area contributed by atoms with E-state index in [1.54, 1.807) is 12.1 Å². The van der Waals surface area contributed by atoms with Crippen molar-refractivity contribution in [2.24, 2.45) is 0 Å². The molecular formula is C13H18BrNO2. The molecule has 0 spiro atoms. The van der Waals surface area contributed by atoms with E-state index in [1.807, 2.05) is 6.07 Å². The number of hydrogen-bond acceptors (Lipinski definition) is 3. The molecular weight excluding hydrogens is 282 g/mol. The number of phenolic OH excluding ortho intramolecular Hbond substituents is 1. The zero-order valence-electron chi connectivity index (χ0n) is 9.69. The molecule has 1 aromatic rings. The molecule has 2 atom stereocenters. The lowest BCUT2D eigenvalue weighted by Crippen LogP contribution is -2.35. The van der Waals surface area contributed by atoms with Crippen LogP contribution in [0.4, 0.5) is 0 Å². The molecule has 0 bridgehead atoms. The average Bonchev–Trinajstić information content (AvgIpc) is 2.30. The maximum atomic E-state index is 9.59. The van der Waals surface area contributed by atoms with Crippen molar-refractivity contribution in [1.29, 1.82) is 0 Å². The average molecular weight is 300 g/mol. The summed E-state index contributed by atoms with van der Waals surface area (Å²) in [6, 6.07) is 5.66. The Morgan fingerprint density at radius 1 is 1.35 bits per heavy atom. The molecule has 0 aliphatic heterocycles. The van der Waals surface area contributed by atoms with Gasteiger partial charge in [-0.15, -0.1) is 0 Å². The topological polar surface area (TPSA) is 52.5 Å². The predicted molar refractivity (Wildman–Crippen MR) is 70.9 cm³/mol. The van der Waals surface area contributed by atoms with E-state index in [4.69, 9.17) is 0 Å². The molecule has 0 heterocycles. The number of aliphatic hydroxyl groups is 1. The van der Waals surface area contributed by atoms with Gasteiger partial charge in [0.1, 0.15) is 5.75 Å². The van der Waals surface area contributed by atoms with E-state index in [0.29, 0.717) is 12.6 Å². The molecule has 1 aliphatic rings. The van der Waals surface area contributed by atoms with Gasteiger partial charge in [0.05, 0.1) is 6.10 Å². The minimum atomic E-state index is -0.158. The van der Waals surface area contributed by atoms with E-state index in [-0.39, 0.29) is 11.9 Å². The summed E-state index contributed by atoms with van der Waals surface area (Å²) in [5, 5.41) is 22.4. The Balaban J connectivity index is 1.90. The van der Waals surface area contributed by atoms with Gasteiger partial charge in [0.15, 0.2) is 0 Å². The lowest BCUT2D eigenvalue weighted by molar-refractivity contribution is 0.111. The largest absolute Gasteiger partial charge is 0.508 e. The van der Waals surface area contributed by atoms with Crippen molar-refractivity contribution in [2.45, 2.75) is 44.4 Å². The standard InChI is InChI=1S/C13H18BrNO2/c14-13-5-4-12(17)6-9(13)8-15-10-2-1-3-11(16)7-10/h4-6,10-11,15-17H,1-3,7-8H2/t10-,11+/m1/s1. The quantitative estimate of drug-likeness (QED) is 0.804. The summed E-state index contributed by atoms with van der Waals surface area (Å²) in [5.74, 6) is 0.286. The Labute approximate surface area is 110 Å². The van der Waals surface area contributed by atoms with Crippen LogP contribution in [-0.2, 0) is 6.54 Å². The number of aliphatic hydroxyl groups excluding tert-OH is 1. The van der Waals surface area contributed by atoms with Crippen LogP contribution in [-0.4, -0.2) is 22.4 Å². The molecule has 0 unspecified atom stereocenters. The molecule has 2 rings (SSSR count). The fraction of sp³-hybridized carbons (Fsp3) is 0.538. The van der Waals surface area contributed by atoms with Crippen LogP contribution in [0.2, 0.25) is 0 Å². The van der Waals surface area contributed by atoms with Crippen LogP contribution in [0.25, 0.3) is 0 Å². The van der Waals surface area contributed by atoms with Crippen molar-refractivity contribution < 1.29 is 10.2 Å². The molecule has 0 aromatic heterocycles. The summed E-state index contributed by atoms with van der Waals surface area (Å²) in [4.78, 5) is 0. The number of nitrogens with one attached hydrogen (secondary N) is 1. The van der Waals surface area contributed by atoms with Crippen LogP contribution in [0, 0.1) is 0 Å². The fourth-order valence-electron chi connectivity index (χ4n) is 2.30. The second-order valence-electron chi connectivity index (χ2n) is 4.67. The molecule has 0 radical (unpaired) electrons. The van der Waals surface area contributed by atoms with Crippen LogP contribution >= 0.6 is 15.9 Å². The first-order chi connectivity index (χ1) is 8.15. The minimum Gasteiger partial charge on any atom is -0.508 e. The Bertz CT molecular complexity index is 384. The molecule has 4 heteroatoms. The number of rotatable bonds is 3. The number of aromatic hydroxyl groups is 1. The highest BCUT2D eigenvalue weighted by Crippen LogP contribution is 2.23. The number of halogens is 1. The van der Waals surface area contributed by atoms with Crippen molar-refractivity contribution in [3.05, 3.63) is 28.2 Å². The monoisotopic (exact) mass is 299 g/mol. The first kappa shape index (κ1) is 12.9. The maximum Gasteiger partial charge on any atom is 0.115 e. The second-order valence-corrected chi connectivity index (χ2v) is 5.53. The first-order valence-corrected chi connectivity index (χ1v) is 6.83. The van der Waals surface area contributed by atoms with Gasteiger partial charge < -0.3 is 15.5 Å². The maximum absolute atomic E-state index is 9.59. The number of hydrogen-bond donors (Lipinski definition) is 3. The molecule has 1 saturated carbocycles. The predicted octanol–water partition coefficient (Wildman–Crippen LogP) is 2.55. The van der Waals surface area contributed by atoms with Crippen LogP contribution in [0.1, 0.15) is 31.2 Å². The highest BCUT2D eigenvalue weighted by atomic mass is 79.9. The molecule has 94 valence electrons. The Hall–Kier alpha value is -0.580. The zero-order chi connectivity index (χ0) is 12.3. The van der Waals surface area contributed by atoms with E-state index in [2.05, 4.69) is 21.2 Å². The summed E-state index contributed by atoms with van der Waals surface area (Å²) in [6.07, 6.45) is 3.80. The van der Waals surface area contributed by atoms with Gasteiger partial charge in [-0.25, -0.2) is 0 Å². The van der Waals surface area contributed by atoms with Gasteiger partial charge in [-0.05, 0) is 49.4 Å². The van der Waals surface area contributed by atoms with Gasteiger partial charge in [-0.2, -0.15) is 0 Å². The molecule has 3 N–H and O–H groups in total. The van der Waals surface area contributed by atoms with Gasteiger partial charge >= 0.3 is 0 Å². The van der Waals surface area contributed by atoms with Crippen LogP contribution in [0.15, 0.2) is 22.7 Å². The molecule has 1 aromatic carbocycles. The smallest absolute Gasteiger partial charge is 0.115 e. The molecule has 1 aliphatic carbocycles. The zero-order valence-corrected chi connectivity index (χ0v) is 11.3. The van der Waals surface area contributed by atoms with E-state index in [0.717, 1.165) is 35.7 Å². The van der Waals surface area contributed by atoms with Gasteiger partial charge in [-0.3, -0.25) is 0 Å². The van der Waals surface area contributed by atoms with Gasteiger partial charge in [0.25, 0.3) is 0 Å². The first-order valence-electron chi connectivity index (χ1n) is 6.04. The van der Waals surface area contributed by atoms with Crippen LogP contribution < -0.4 is 5.32 Å². The highest BCUT2D eigenvalue weighted by Gasteiger charge is 2.19. The number of phenols is 1. The lowest BCUT2D eigenvalue weighted by atomic mass is 9.93. The summed E-state index contributed by atoms with van der Waals surface area (Å²) < 4.78 is 0.999. The molecule has 1 fully saturated rings. The van der Waals surface area contributed by atoms with Crippen molar-refractivity contribution in [3.8, 4) is 5.75 Å². The lowest BCUT2D eigenvalue weighted by Gasteiger charge is -2.27. The summed E-state index contributed by atoms with van der Waals surface area (Å²) >= 11 is 3.47. The van der Waals surface area contributed by atoms with Crippen molar-refractivity contribution >= 4 is 15.9 Å². The fourth-order valence-corrected chi connectivity index (χ4v) is 2.69. The molecule has 17 heavy (non-hydrogen) atoms. The minimum absolute atomic E-state index is 0.158. The number of benzene rings is 1. The third kappa shape index (κ3) is 3.69. The van der Waals surface area contributed by atoms with E-state index in [1.165, 1.54) is 0 Å². The van der Waals surface area contributed by atoms with Crippen LogP contribution in [0.5, 0.6) is 5.75 Å². The summed E-state index contributed by atoms with van der Waals surface area (Å²) in [5.41, 5.74) is 1.05. The van der Waals surface area contributed by atoms with E-state index in [9.17, 15) is 10.2 Å². The summed E-state index contributed by atoms with van der Waals surface area (Å²) in [7, 11) is 0. The van der Waals surface area contributed by atoms with E-state index >= 15 is 0 Å². The highest BCUT2D eigenvalue weighted by molar-refractivity contribution is 9.10. The molecule has 3 nitrogen and oxygen atoms in total. The molecule has 0 saturated heterocycles. The molecule has 0 amide bonds. The third-order valence-corrected chi connectivity index (χ3v) is 4.03. The third-order valence-electron chi connectivity index (χ3n) is 3.26. The van der Waals surface area contributed by atoms with Gasteiger partial charge in [0.2, 0.25) is 0 Å². The van der Waals surface area contributed by atoms with Gasteiger partial charge in [0, 0.05) is 17.1 Å².